The Kier molecular flexibility index (Phi) is 19.7. The number of hydrogen-bond donors (Lipinski definition) is 4. The lowest BCUT2D eigenvalue weighted by Crippen LogP contribution is -2.36. The third-order valence-corrected chi connectivity index (χ3v) is 13.4. The van der Waals surface area contributed by atoms with Crippen LogP contribution in [0.2, 0.25) is 0 Å². The fraction of sp³-hybridized carbons (Fsp3) is 0.311. The lowest BCUT2D eigenvalue weighted by atomic mass is 10.1. The largest absolute Gasteiger partial charge is 0.494 e. The summed E-state index contributed by atoms with van der Waals surface area (Å²) < 4.78 is 26.1. The maximum Gasteiger partial charge on any atom is 0.247 e. The maximum atomic E-state index is 12.6. The van der Waals surface area contributed by atoms with Crippen LogP contribution in [0.1, 0.15) is 30.9 Å². The summed E-state index contributed by atoms with van der Waals surface area (Å²) in [5.41, 5.74) is 10.3. The summed E-state index contributed by atoms with van der Waals surface area (Å²) >= 11 is 0. The van der Waals surface area contributed by atoms with Gasteiger partial charge in [-0.05, 0) is 52.8 Å². The van der Waals surface area contributed by atoms with Crippen molar-refractivity contribution >= 4 is 57.8 Å². The van der Waals surface area contributed by atoms with Crippen molar-refractivity contribution in [2.75, 3.05) is 126 Å². The van der Waals surface area contributed by atoms with Crippen LogP contribution in [0.5, 0.6) is 11.5 Å². The van der Waals surface area contributed by atoms with E-state index in [1.165, 1.54) is 6.08 Å². The number of hydrogen-bond acceptors (Lipinski definition) is 18. The predicted molar refractivity (Wildman–Crippen MR) is 325 cm³/mol. The second-order valence-electron chi connectivity index (χ2n) is 20.2. The Bertz CT molecular complexity index is 3470. The highest BCUT2D eigenvalue weighted by molar-refractivity contribution is 6.02. The molecule has 2 fully saturated rings. The van der Waals surface area contributed by atoms with E-state index in [2.05, 4.69) is 69.5 Å². The summed E-state index contributed by atoms with van der Waals surface area (Å²) in [5.74, 6) is 2.80. The first-order chi connectivity index (χ1) is 40.4. The molecule has 2 aliphatic heterocycles. The van der Waals surface area contributed by atoms with E-state index in [0.717, 1.165) is 77.6 Å². The molecular weight excluding hydrogens is 1050 g/mol. The number of carbonyl (C=O) groups excluding carboxylic acids is 2. The fourth-order valence-electron chi connectivity index (χ4n) is 9.59. The predicted octanol–water partition coefficient (Wildman–Crippen LogP) is 8.82. The molecule has 2 aliphatic rings. The Morgan fingerprint density at radius 3 is 1.45 bits per heavy atom. The molecule has 4 aromatic carbocycles. The SMILES string of the molecule is C=CC(=O)Nc1cc(Nc2nccc(-n3cc(CN(C)C)c(-c4ccccc4)n3)n2)c(OC)cc1N1CCOCC1.CCCC(=O)Nc1cc(Nc2nccc(-n3cc(CN(C)C)c(-c4ccccc4)n3)n2)c(OC)cc1N1CCOCC1. The molecule has 2 amide bonds. The maximum absolute atomic E-state index is 12.6. The fourth-order valence-corrected chi connectivity index (χ4v) is 9.59. The van der Waals surface area contributed by atoms with Gasteiger partial charge in [0.2, 0.25) is 23.7 Å². The van der Waals surface area contributed by atoms with Crippen LogP contribution in [0.4, 0.5) is 46.0 Å². The number of morpholine rings is 2. The molecule has 22 heteroatoms. The van der Waals surface area contributed by atoms with Crippen molar-refractivity contribution in [2.24, 2.45) is 0 Å². The van der Waals surface area contributed by atoms with Crippen LogP contribution >= 0.6 is 0 Å². The van der Waals surface area contributed by atoms with Crippen molar-refractivity contribution in [1.29, 1.82) is 0 Å². The van der Waals surface area contributed by atoms with E-state index in [1.54, 1.807) is 42.0 Å². The highest BCUT2D eigenvalue weighted by Crippen LogP contribution is 2.40. The minimum atomic E-state index is -0.310. The first kappa shape index (κ1) is 58.4. The van der Waals surface area contributed by atoms with E-state index in [9.17, 15) is 9.59 Å². The molecule has 8 aromatic rings. The summed E-state index contributed by atoms with van der Waals surface area (Å²) in [7, 11) is 11.4. The number of nitrogens with one attached hydrogen (secondary N) is 4. The molecule has 432 valence electrons. The minimum absolute atomic E-state index is 0.0391. The summed E-state index contributed by atoms with van der Waals surface area (Å²) in [5, 5.41) is 22.4. The molecule has 22 nitrogen and oxygen atoms in total. The lowest BCUT2D eigenvalue weighted by Gasteiger charge is -2.31. The average Bonchev–Trinajstić information content (AvgIpc) is 4.31. The normalized spacial score (nSPS) is 13.3. The van der Waals surface area contributed by atoms with Gasteiger partial charge in [-0.25, -0.2) is 19.3 Å². The number of carbonyl (C=O) groups is 2. The van der Waals surface area contributed by atoms with Crippen molar-refractivity contribution in [3.05, 3.63) is 146 Å². The zero-order valence-corrected chi connectivity index (χ0v) is 48.1. The Morgan fingerprint density at radius 2 is 1.05 bits per heavy atom. The molecule has 4 aromatic heterocycles. The van der Waals surface area contributed by atoms with Crippen molar-refractivity contribution < 1.29 is 28.5 Å². The molecule has 0 unspecified atom stereocenters. The van der Waals surface area contributed by atoms with E-state index in [-0.39, 0.29) is 11.8 Å². The van der Waals surface area contributed by atoms with Crippen LogP contribution < -0.4 is 40.5 Å². The van der Waals surface area contributed by atoms with Gasteiger partial charge in [0.05, 0.1) is 86.2 Å². The van der Waals surface area contributed by atoms with Gasteiger partial charge >= 0.3 is 0 Å². The van der Waals surface area contributed by atoms with Gasteiger partial charge in [-0.2, -0.15) is 20.2 Å². The molecule has 0 saturated carbocycles. The van der Waals surface area contributed by atoms with Crippen molar-refractivity contribution in [3.8, 4) is 45.6 Å². The summed E-state index contributed by atoms with van der Waals surface area (Å²) in [4.78, 5) is 51.9. The molecular formula is C61H72N16O6. The third-order valence-electron chi connectivity index (χ3n) is 13.4. The lowest BCUT2D eigenvalue weighted by molar-refractivity contribution is -0.116. The Labute approximate surface area is 484 Å². The molecule has 6 heterocycles. The van der Waals surface area contributed by atoms with E-state index in [1.807, 2.05) is 126 Å². The first-order valence-corrected chi connectivity index (χ1v) is 27.5. The molecule has 0 aliphatic carbocycles. The van der Waals surface area contributed by atoms with Gasteiger partial charge in [-0.15, -0.1) is 0 Å². The van der Waals surface area contributed by atoms with Gasteiger partial charge in [0.15, 0.2) is 11.6 Å². The average molecular weight is 1130 g/mol. The highest BCUT2D eigenvalue weighted by atomic mass is 16.5. The topological polar surface area (TPSA) is 219 Å². The molecule has 4 N–H and O–H groups in total. The standard InChI is InChI=1S/C31H38N8O3.C30H34N8O3/c1-5-9-29(40)33-24-18-25(27(41-4)19-26(24)38-14-16-42-17-15-38)34-31-32-13-12-28(35-31)39-21-23(20-37(2)3)30(36-39)22-10-7-6-8-11-22;1-5-28(39)32-23-17-24(26(40-4)18-25(23)37-13-15-41-16-14-37)33-30-31-12-11-27(34-30)38-20-22(19-36(2)3)29(35-38)21-9-7-6-8-10-21/h6-8,10-13,18-19,21H,5,9,14-17,20H2,1-4H3,(H,33,40)(H,32,34,35);5-12,17-18,20H,1,13-16,19H2,2-4H3,(H,32,39)(H,31,33,34). The van der Waals surface area contributed by atoms with Gasteiger partial charge < -0.3 is 59.8 Å². The third kappa shape index (κ3) is 15.0. The van der Waals surface area contributed by atoms with Crippen LogP contribution in [-0.2, 0) is 32.2 Å². The van der Waals surface area contributed by atoms with E-state index < -0.39 is 0 Å². The number of ether oxygens (including phenoxy) is 4. The second kappa shape index (κ2) is 28.0. The first-order valence-electron chi connectivity index (χ1n) is 27.5. The number of methoxy groups -OCH3 is 2. The van der Waals surface area contributed by atoms with Gasteiger partial charge in [-0.1, -0.05) is 74.2 Å². The monoisotopic (exact) mass is 1120 g/mol. The number of amides is 2. The smallest absolute Gasteiger partial charge is 0.247 e. The van der Waals surface area contributed by atoms with Crippen LogP contribution in [0, 0.1) is 0 Å². The number of anilines is 8. The van der Waals surface area contributed by atoms with Gasteiger partial charge in [0.1, 0.15) is 11.5 Å². The van der Waals surface area contributed by atoms with Gasteiger partial charge in [0.25, 0.3) is 0 Å². The van der Waals surface area contributed by atoms with Crippen LogP contribution in [0.15, 0.2) is 135 Å². The Balaban J connectivity index is 0.000000200. The van der Waals surface area contributed by atoms with Crippen LogP contribution in [-0.4, -0.2) is 156 Å². The summed E-state index contributed by atoms with van der Waals surface area (Å²) in [6.07, 6.45) is 9.81. The van der Waals surface area contributed by atoms with Crippen molar-refractivity contribution in [2.45, 2.75) is 32.9 Å². The number of benzene rings is 4. The second-order valence-corrected chi connectivity index (χ2v) is 20.2. The Morgan fingerprint density at radius 1 is 0.614 bits per heavy atom. The zero-order chi connectivity index (χ0) is 58.2. The number of nitrogens with zero attached hydrogens (tertiary/aromatic N) is 12. The van der Waals surface area contributed by atoms with Crippen molar-refractivity contribution in [1.82, 2.24) is 49.3 Å². The zero-order valence-electron chi connectivity index (χ0n) is 48.1. The van der Waals surface area contributed by atoms with E-state index in [4.69, 9.17) is 39.1 Å². The molecule has 0 spiro atoms. The van der Waals surface area contributed by atoms with Gasteiger partial charge in [0, 0.05) is 117 Å². The minimum Gasteiger partial charge on any atom is -0.494 e. The molecule has 0 bridgehead atoms. The summed E-state index contributed by atoms with van der Waals surface area (Å²) in [6, 6.07) is 31.4. The van der Waals surface area contributed by atoms with Crippen LogP contribution in [0.3, 0.4) is 0 Å². The van der Waals surface area contributed by atoms with Crippen LogP contribution in [0.25, 0.3) is 34.2 Å². The molecule has 10 rings (SSSR count). The molecule has 2 saturated heterocycles. The molecule has 0 radical (unpaired) electrons. The van der Waals surface area contributed by atoms with E-state index in [0.29, 0.717) is 104 Å². The Hall–Kier alpha value is -9.22. The highest BCUT2D eigenvalue weighted by Gasteiger charge is 2.23. The molecule has 83 heavy (non-hydrogen) atoms. The quantitative estimate of drug-likeness (QED) is 0.0494. The molecule has 0 atom stereocenters. The summed E-state index contributed by atoms with van der Waals surface area (Å²) in [6.45, 7) is 12.3. The van der Waals surface area contributed by atoms with E-state index >= 15 is 0 Å². The van der Waals surface area contributed by atoms with Gasteiger partial charge in [-0.3, -0.25) is 9.59 Å². The number of aromatic nitrogens is 8. The number of rotatable bonds is 21. The van der Waals surface area contributed by atoms with Crippen molar-refractivity contribution in [3.63, 3.8) is 0 Å².